The Labute approximate surface area is 185 Å². The summed E-state index contributed by atoms with van der Waals surface area (Å²) in [5.74, 6) is -1.71. The van der Waals surface area contributed by atoms with Crippen LogP contribution in [0.2, 0.25) is 0 Å². The van der Waals surface area contributed by atoms with Gasteiger partial charge in [0, 0.05) is 12.8 Å². The van der Waals surface area contributed by atoms with E-state index in [-0.39, 0.29) is 25.4 Å². The Morgan fingerprint density at radius 2 is 1.56 bits per heavy atom. The normalized spacial score (nSPS) is 15.2. The first-order chi connectivity index (χ1) is 15.2. The van der Waals surface area contributed by atoms with E-state index in [1.807, 2.05) is 32.0 Å². The van der Waals surface area contributed by atoms with Crippen molar-refractivity contribution in [3.05, 3.63) is 35.9 Å². The average molecular weight is 448 g/mol. The summed E-state index contributed by atoms with van der Waals surface area (Å²) in [7, 11) is 0. The molecule has 0 aromatic heterocycles. The third kappa shape index (κ3) is 7.89. The highest BCUT2D eigenvalue weighted by Crippen LogP contribution is 2.12. The van der Waals surface area contributed by atoms with E-state index in [0.29, 0.717) is 11.5 Å². The van der Waals surface area contributed by atoms with Gasteiger partial charge in [-0.1, -0.05) is 44.2 Å². The molecule has 1 aliphatic rings. The maximum Gasteiger partial charge on any atom is 0.433 e. The predicted octanol–water partition coefficient (Wildman–Crippen LogP) is 1.58. The lowest BCUT2D eigenvalue weighted by Crippen LogP contribution is -2.54. The highest BCUT2D eigenvalue weighted by molar-refractivity contribution is 6.01. The molecule has 1 heterocycles. The second-order valence-corrected chi connectivity index (χ2v) is 7.72. The highest BCUT2D eigenvalue weighted by Gasteiger charge is 2.33. The van der Waals surface area contributed by atoms with Crippen LogP contribution in [0.25, 0.3) is 0 Å². The fourth-order valence-electron chi connectivity index (χ4n) is 2.84. The smallest absolute Gasteiger partial charge is 0.433 e. The number of rotatable bonds is 9. The lowest BCUT2D eigenvalue weighted by Gasteiger charge is -2.24. The molecule has 11 heteroatoms. The van der Waals surface area contributed by atoms with Gasteiger partial charge in [-0.05, 0) is 24.8 Å². The van der Waals surface area contributed by atoms with Crippen LogP contribution in [0, 0.1) is 5.92 Å². The van der Waals surface area contributed by atoms with Gasteiger partial charge in [-0.2, -0.15) is 0 Å². The summed E-state index contributed by atoms with van der Waals surface area (Å²) in [5, 5.41) is 7.85. The minimum Gasteiger partial charge on any atom is -0.445 e. The Bertz CT molecular complexity index is 828. The second-order valence-electron chi connectivity index (χ2n) is 7.72. The Balaban J connectivity index is 1.84. The van der Waals surface area contributed by atoms with Crippen LogP contribution in [0.15, 0.2) is 30.3 Å². The van der Waals surface area contributed by atoms with E-state index in [1.165, 1.54) is 6.92 Å². The van der Waals surface area contributed by atoms with Crippen molar-refractivity contribution in [3.63, 3.8) is 0 Å². The molecule has 174 valence electrons. The fourth-order valence-corrected chi connectivity index (χ4v) is 2.84. The Kier molecular flexibility index (Phi) is 8.99. The van der Waals surface area contributed by atoms with E-state index in [2.05, 4.69) is 16.0 Å². The van der Waals surface area contributed by atoms with E-state index < -0.39 is 42.1 Å². The van der Waals surface area contributed by atoms with Crippen molar-refractivity contribution in [3.8, 4) is 0 Å². The Hall–Kier alpha value is -3.63. The molecule has 2 rings (SSSR count). The minimum absolute atomic E-state index is 0.0260. The van der Waals surface area contributed by atoms with Crippen molar-refractivity contribution < 1.29 is 33.5 Å². The molecule has 1 aromatic rings. The van der Waals surface area contributed by atoms with Crippen molar-refractivity contribution in [1.82, 2.24) is 21.0 Å². The number of nitrogens with zero attached hydrogens (tertiary/aromatic N) is 1. The van der Waals surface area contributed by atoms with Gasteiger partial charge in [-0.15, -0.1) is 5.06 Å². The summed E-state index contributed by atoms with van der Waals surface area (Å²) >= 11 is 0. The van der Waals surface area contributed by atoms with Crippen LogP contribution >= 0.6 is 0 Å². The van der Waals surface area contributed by atoms with Gasteiger partial charge in [0.05, 0.1) is 0 Å². The standard InChI is InChI=1S/C21H28N4O7/c1-13(2)11-16(24-21(30)32-25-17(26)9-10-18(25)27)23-19(28)14(3)22-20(29)31-12-15-7-5-4-6-8-15/h4-8,13-14,16H,9-12H2,1-3H3,(H,22,29)(H,23,28)(H,24,30)/t14-,16+/m0/s1. The Morgan fingerprint density at radius 1 is 0.938 bits per heavy atom. The first kappa shape index (κ1) is 24.6. The largest absolute Gasteiger partial charge is 0.445 e. The summed E-state index contributed by atoms with van der Waals surface area (Å²) in [6.45, 7) is 5.27. The monoisotopic (exact) mass is 448 g/mol. The zero-order chi connectivity index (χ0) is 23.7. The molecule has 1 saturated heterocycles. The molecule has 0 aliphatic carbocycles. The van der Waals surface area contributed by atoms with Gasteiger partial charge in [-0.3, -0.25) is 19.7 Å². The number of benzene rings is 1. The average Bonchev–Trinajstić information content (AvgIpc) is 3.04. The number of hydrogen-bond acceptors (Lipinski definition) is 7. The van der Waals surface area contributed by atoms with Crippen LogP contribution in [0.5, 0.6) is 0 Å². The van der Waals surface area contributed by atoms with E-state index in [1.54, 1.807) is 12.1 Å². The molecule has 0 saturated carbocycles. The zero-order valence-corrected chi connectivity index (χ0v) is 18.3. The summed E-state index contributed by atoms with van der Waals surface area (Å²) in [6, 6.07) is 8.12. The van der Waals surface area contributed by atoms with Crippen LogP contribution in [-0.2, 0) is 30.6 Å². The van der Waals surface area contributed by atoms with Crippen molar-refractivity contribution in [2.24, 2.45) is 5.92 Å². The molecule has 32 heavy (non-hydrogen) atoms. The molecule has 1 aromatic carbocycles. The number of hydroxylamine groups is 2. The van der Waals surface area contributed by atoms with E-state index >= 15 is 0 Å². The van der Waals surface area contributed by atoms with Gasteiger partial charge in [0.15, 0.2) is 0 Å². The third-order valence-corrected chi connectivity index (χ3v) is 4.44. The van der Waals surface area contributed by atoms with Gasteiger partial charge in [0.1, 0.15) is 18.8 Å². The number of carbonyl (C=O) groups is 5. The van der Waals surface area contributed by atoms with Crippen LogP contribution < -0.4 is 16.0 Å². The predicted molar refractivity (Wildman–Crippen MR) is 111 cm³/mol. The summed E-state index contributed by atoms with van der Waals surface area (Å²) in [4.78, 5) is 64.5. The van der Waals surface area contributed by atoms with Crippen LogP contribution in [0.1, 0.15) is 45.6 Å². The van der Waals surface area contributed by atoms with Crippen molar-refractivity contribution in [2.75, 3.05) is 0 Å². The SMILES string of the molecule is CC(C)C[C@@H](NC(=O)ON1C(=O)CCC1=O)NC(=O)[C@H](C)NC(=O)OCc1ccccc1. The van der Waals surface area contributed by atoms with Gasteiger partial charge >= 0.3 is 12.2 Å². The van der Waals surface area contributed by atoms with Crippen molar-refractivity contribution >= 4 is 29.9 Å². The van der Waals surface area contributed by atoms with Gasteiger partial charge < -0.3 is 20.2 Å². The molecule has 1 fully saturated rings. The third-order valence-electron chi connectivity index (χ3n) is 4.44. The molecule has 11 nitrogen and oxygen atoms in total. The molecular formula is C21H28N4O7. The molecule has 0 radical (unpaired) electrons. The molecule has 3 N–H and O–H groups in total. The molecule has 1 aliphatic heterocycles. The lowest BCUT2D eigenvalue weighted by atomic mass is 10.1. The van der Waals surface area contributed by atoms with Crippen LogP contribution in [-0.4, -0.2) is 47.2 Å². The number of alkyl carbamates (subject to hydrolysis) is 1. The first-order valence-electron chi connectivity index (χ1n) is 10.3. The van der Waals surface area contributed by atoms with Crippen molar-refractivity contribution in [2.45, 2.75) is 58.8 Å². The maximum atomic E-state index is 12.5. The first-order valence-corrected chi connectivity index (χ1v) is 10.3. The van der Waals surface area contributed by atoms with Gasteiger partial charge in [-0.25, -0.2) is 9.59 Å². The topological polar surface area (TPSA) is 143 Å². The Morgan fingerprint density at radius 3 is 2.16 bits per heavy atom. The number of carbonyl (C=O) groups excluding carboxylic acids is 5. The lowest BCUT2D eigenvalue weighted by molar-refractivity contribution is -0.171. The molecular weight excluding hydrogens is 420 g/mol. The summed E-state index contributed by atoms with van der Waals surface area (Å²) in [6.07, 6.45) is -2.39. The minimum atomic E-state index is -1.05. The van der Waals surface area contributed by atoms with E-state index in [0.717, 1.165) is 5.56 Å². The number of hydrogen-bond donors (Lipinski definition) is 3. The molecule has 0 bridgehead atoms. The molecule has 2 atom stereocenters. The number of nitrogens with one attached hydrogen (secondary N) is 3. The maximum absolute atomic E-state index is 12.5. The molecule has 0 spiro atoms. The van der Waals surface area contributed by atoms with Crippen molar-refractivity contribution in [1.29, 1.82) is 0 Å². The quantitative estimate of drug-likeness (QED) is 0.384. The zero-order valence-electron chi connectivity index (χ0n) is 18.3. The number of ether oxygens (including phenoxy) is 1. The molecule has 5 amide bonds. The highest BCUT2D eigenvalue weighted by atomic mass is 16.7. The number of imide groups is 1. The van der Waals surface area contributed by atoms with Gasteiger partial charge in [0.25, 0.3) is 11.8 Å². The second kappa shape index (κ2) is 11.7. The summed E-state index contributed by atoms with van der Waals surface area (Å²) in [5.41, 5.74) is 0.800. The molecule has 0 unspecified atom stereocenters. The van der Waals surface area contributed by atoms with Crippen LogP contribution in [0.4, 0.5) is 9.59 Å². The van der Waals surface area contributed by atoms with Gasteiger partial charge in [0.2, 0.25) is 5.91 Å². The van der Waals surface area contributed by atoms with E-state index in [4.69, 9.17) is 9.57 Å². The summed E-state index contributed by atoms with van der Waals surface area (Å²) < 4.78 is 5.09. The van der Waals surface area contributed by atoms with Crippen LogP contribution in [0.3, 0.4) is 0 Å². The number of amides is 5. The fraction of sp³-hybridized carbons (Fsp3) is 0.476. The van der Waals surface area contributed by atoms with E-state index in [9.17, 15) is 24.0 Å².